The maximum Gasteiger partial charge on any atom is 0.323 e. The summed E-state index contributed by atoms with van der Waals surface area (Å²) in [5, 5.41) is 11.4. The Balaban J connectivity index is 2.73. The monoisotopic (exact) mass is 296 g/mol. The molecule has 21 heavy (non-hydrogen) atoms. The van der Waals surface area contributed by atoms with Crippen molar-refractivity contribution in [1.82, 2.24) is 10.2 Å². The van der Waals surface area contributed by atoms with E-state index in [2.05, 4.69) is 5.32 Å². The second kappa shape index (κ2) is 7.47. The van der Waals surface area contributed by atoms with E-state index in [9.17, 15) is 14.4 Å². The lowest BCUT2D eigenvalue weighted by Gasteiger charge is -2.29. The van der Waals surface area contributed by atoms with Crippen molar-refractivity contribution in [3.05, 3.63) is 24.2 Å². The van der Waals surface area contributed by atoms with E-state index < -0.39 is 23.8 Å². The van der Waals surface area contributed by atoms with Gasteiger partial charge in [0.25, 0.3) is 5.91 Å². The van der Waals surface area contributed by atoms with Crippen molar-refractivity contribution >= 4 is 17.8 Å². The smallest absolute Gasteiger partial charge is 0.323 e. The fourth-order valence-electron chi connectivity index (χ4n) is 1.80. The van der Waals surface area contributed by atoms with Gasteiger partial charge in [0.15, 0.2) is 0 Å². The minimum absolute atomic E-state index is 0.220. The first-order valence-electron chi connectivity index (χ1n) is 6.72. The molecule has 7 heteroatoms. The molecule has 0 fully saturated rings. The largest absolute Gasteiger partial charge is 0.480 e. The van der Waals surface area contributed by atoms with Crippen molar-refractivity contribution in [3.8, 4) is 0 Å². The molecule has 0 aliphatic rings. The zero-order valence-corrected chi connectivity index (χ0v) is 12.3. The van der Waals surface area contributed by atoms with Gasteiger partial charge in [-0.1, -0.05) is 6.92 Å². The molecule has 0 saturated heterocycles. The Kier molecular flexibility index (Phi) is 5.95. The molecule has 0 radical (unpaired) electrons. The molecule has 7 nitrogen and oxygen atoms in total. The van der Waals surface area contributed by atoms with Crippen LogP contribution in [0.15, 0.2) is 23.0 Å². The number of nitrogens with zero attached hydrogens (tertiary/aromatic N) is 1. The van der Waals surface area contributed by atoms with Crippen molar-refractivity contribution in [3.63, 3.8) is 0 Å². The van der Waals surface area contributed by atoms with Crippen LogP contribution in [0.4, 0.5) is 0 Å². The van der Waals surface area contributed by atoms with E-state index in [-0.39, 0.29) is 12.6 Å². The van der Waals surface area contributed by atoms with Crippen LogP contribution in [0.5, 0.6) is 0 Å². The van der Waals surface area contributed by atoms with Gasteiger partial charge in [0.05, 0.1) is 11.8 Å². The summed E-state index contributed by atoms with van der Waals surface area (Å²) in [6, 6.07) is 0.443. The van der Waals surface area contributed by atoms with E-state index in [0.717, 1.165) is 0 Å². The summed E-state index contributed by atoms with van der Waals surface area (Å²) < 4.78 is 4.80. The maximum atomic E-state index is 12.3. The molecular formula is C14H20N2O5. The number of carboxylic acid groups (broad SMARTS) is 1. The Morgan fingerprint density at radius 3 is 2.52 bits per heavy atom. The number of aliphatic carboxylic acids is 1. The number of furan rings is 1. The van der Waals surface area contributed by atoms with E-state index in [1.54, 1.807) is 6.92 Å². The Morgan fingerprint density at radius 1 is 1.38 bits per heavy atom. The third-order valence-electron chi connectivity index (χ3n) is 3.21. The zero-order valence-electron chi connectivity index (χ0n) is 12.3. The van der Waals surface area contributed by atoms with Crippen molar-refractivity contribution in [2.45, 2.75) is 39.3 Å². The van der Waals surface area contributed by atoms with Crippen molar-refractivity contribution in [1.29, 1.82) is 0 Å². The van der Waals surface area contributed by atoms with Crippen LogP contribution in [0.25, 0.3) is 0 Å². The van der Waals surface area contributed by atoms with Gasteiger partial charge in [-0.15, -0.1) is 0 Å². The fourth-order valence-corrected chi connectivity index (χ4v) is 1.80. The molecule has 1 aromatic heterocycles. The molecule has 0 aromatic carbocycles. The highest BCUT2D eigenvalue weighted by Gasteiger charge is 2.27. The standard InChI is InChI=1S/C14H20N2O5/c1-4-9(2)16(7-12(17)18)14(20)10(3)15-13(19)11-5-6-21-8-11/h5-6,8-10H,4,7H2,1-3H3,(H,15,19)(H,17,18). The van der Waals surface area contributed by atoms with E-state index in [1.165, 1.54) is 30.4 Å². The number of hydrogen-bond acceptors (Lipinski definition) is 4. The van der Waals surface area contributed by atoms with E-state index in [0.29, 0.717) is 12.0 Å². The van der Waals surface area contributed by atoms with Crippen molar-refractivity contribution in [2.75, 3.05) is 6.54 Å². The van der Waals surface area contributed by atoms with Gasteiger partial charge < -0.3 is 19.7 Å². The molecular weight excluding hydrogens is 276 g/mol. The second-order valence-electron chi connectivity index (χ2n) is 4.82. The summed E-state index contributed by atoms with van der Waals surface area (Å²) in [6.07, 6.45) is 3.26. The number of nitrogens with one attached hydrogen (secondary N) is 1. The molecule has 0 spiro atoms. The number of hydrogen-bond donors (Lipinski definition) is 2. The van der Waals surface area contributed by atoms with Gasteiger partial charge in [-0.25, -0.2) is 0 Å². The molecule has 2 N–H and O–H groups in total. The Labute approximate surface area is 122 Å². The van der Waals surface area contributed by atoms with Gasteiger partial charge in [0, 0.05) is 6.04 Å². The lowest BCUT2D eigenvalue weighted by atomic mass is 10.1. The van der Waals surface area contributed by atoms with Crippen LogP contribution < -0.4 is 5.32 Å². The lowest BCUT2D eigenvalue weighted by molar-refractivity contribution is -0.146. The Hall–Kier alpha value is -2.31. The normalized spacial score (nSPS) is 13.3. The van der Waals surface area contributed by atoms with Crippen LogP contribution >= 0.6 is 0 Å². The maximum absolute atomic E-state index is 12.3. The van der Waals surface area contributed by atoms with Crippen LogP contribution in [0, 0.1) is 0 Å². The number of carbonyl (C=O) groups is 3. The lowest BCUT2D eigenvalue weighted by Crippen LogP contribution is -2.51. The molecule has 0 aliphatic heterocycles. The number of carbonyl (C=O) groups excluding carboxylic acids is 2. The van der Waals surface area contributed by atoms with Crippen LogP contribution in [-0.2, 0) is 9.59 Å². The van der Waals surface area contributed by atoms with Crippen LogP contribution in [0.1, 0.15) is 37.6 Å². The van der Waals surface area contributed by atoms with Gasteiger partial charge in [-0.05, 0) is 26.3 Å². The highest BCUT2D eigenvalue weighted by atomic mass is 16.4. The first kappa shape index (κ1) is 16.7. The zero-order chi connectivity index (χ0) is 16.0. The number of carboxylic acids is 1. The van der Waals surface area contributed by atoms with Gasteiger partial charge >= 0.3 is 5.97 Å². The van der Waals surface area contributed by atoms with E-state index in [4.69, 9.17) is 9.52 Å². The third-order valence-corrected chi connectivity index (χ3v) is 3.21. The summed E-state index contributed by atoms with van der Waals surface area (Å²) in [6.45, 7) is 4.77. The Morgan fingerprint density at radius 2 is 2.05 bits per heavy atom. The van der Waals surface area contributed by atoms with Crippen molar-refractivity contribution < 1.29 is 23.9 Å². The average Bonchev–Trinajstić information content (AvgIpc) is 2.97. The van der Waals surface area contributed by atoms with Crippen molar-refractivity contribution in [2.24, 2.45) is 0 Å². The van der Waals surface area contributed by atoms with Gasteiger partial charge in [-0.2, -0.15) is 0 Å². The summed E-state index contributed by atoms with van der Waals surface area (Å²) in [5.41, 5.74) is 0.308. The van der Waals surface area contributed by atoms with Crippen LogP contribution in [-0.4, -0.2) is 46.4 Å². The summed E-state index contributed by atoms with van der Waals surface area (Å²) in [4.78, 5) is 36.3. The minimum atomic E-state index is -1.09. The minimum Gasteiger partial charge on any atom is -0.480 e. The van der Waals surface area contributed by atoms with Gasteiger partial charge in [0.1, 0.15) is 18.8 Å². The summed E-state index contributed by atoms with van der Waals surface area (Å²) >= 11 is 0. The summed E-state index contributed by atoms with van der Waals surface area (Å²) in [7, 11) is 0. The predicted octanol–water partition coefficient (Wildman–Crippen LogP) is 1.11. The molecule has 0 saturated carbocycles. The van der Waals surface area contributed by atoms with E-state index in [1.807, 2.05) is 6.92 Å². The topological polar surface area (TPSA) is 99.9 Å². The molecule has 2 unspecified atom stereocenters. The molecule has 1 aromatic rings. The van der Waals surface area contributed by atoms with Crippen LogP contribution in [0.3, 0.4) is 0 Å². The quantitative estimate of drug-likeness (QED) is 0.785. The highest BCUT2D eigenvalue weighted by Crippen LogP contribution is 2.07. The molecule has 116 valence electrons. The first-order valence-corrected chi connectivity index (χ1v) is 6.72. The highest BCUT2D eigenvalue weighted by molar-refractivity contribution is 5.97. The molecule has 0 aliphatic carbocycles. The van der Waals surface area contributed by atoms with Crippen LogP contribution in [0.2, 0.25) is 0 Å². The fraction of sp³-hybridized carbons (Fsp3) is 0.500. The number of amides is 2. The SMILES string of the molecule is CCC(C)N(CC(=O)O)C(=O)C(C)NC(=O)c1ccoc1. The first-order chi connectivity index (χ1) is 9.86. The van der Waals surface area contributed by atoms with Gasteiger partial charge in [-0.3, -0.25) is 14.4 Å². The molecule has 1 rings (SSSR count). The molecule has 2 amide bonds. The number of rotatable bonds is 7. The predicted molar refractivity (Wildman–Crippen MR) is 74.7 cm³/mol. The summed E-state index contributed by atoms with van der Waals surface area (Å²) in [5.74, 6) is -1.95. The molecule has 0 bridgehead atoms. The Bertz CT molecular complexity index is 497. The van der Waals surface area contributed by atoms with Gasteiger partial charge in [0.2, 0.25) is 5.91 Å². The second-order valence-corrected chi connectivity index (χ2v) is 4.82. The third kappa shape index (κ3) is 4.62. The molecule has 1 heterocycles. The van der Waals surface area contributed by atoms with E-state index >= 15 is 0 Å². The average molecular weight is 296 g/mol. The molecule has 2 atom stereocenters.